The van der Waals surface area contributed by atoms with Crippen molar-refractivity contribution in [3.8, 4) is 11.5 Å². The van der Waals surface area contributed by atoms with Crippen molar-refractivity contribution in [2.24, 2.45) is 5.84 Å². The molecule has 0 radical (unpaired) electrons. The van der Waals surface area contributed by atoms with Gasteiger partial charge in [-0.15, -0.1) is 11.3 Å². The molecule has 96 valence electrons. The zero-order valence-electron chi connectivity index (χ0n) is 10.0. The molecule has 0 aliphatic carbocycles. The van der Waals surface area contributed by atoms with E-state index in [-0.39, 0.29) is 11.5 Å². The SMILES string of the molecule is Cc1cc2c(NN)nc(-c3ncccc3F)nc2s1. The second-order valence-electron chi connectivity index (χ2n) is 3.95. The Balaban J connectivity index is 2.28. The average Bonchev–Trinajstić information content (AvgIpc) is 2.78. The summed E-state index contributed by atoms with van der Waals surface area (Å²) in [5, 5.41) is 0.824. The summed E-state index contributed by atoms with van der Waals surface area (Å²) in [5.74, 6) is 5.69. The van der Waals surface area contributed by atoms with Gasteiger partial charge in [-0.1, -0.05) is 0 Å². The van der Waals surface area contributed by atoms with Crippen LogP contribution in [0.15, 0.2) is 24.4 Å². The average molecular weight is 275 g/mol. The van der Waals surface area contributed by atoms with Crippen LogP contribution in [0.25, 0.3) is 21.7 Å². The lowest BCUT2D eigenvalue weighted by molar-refractivity contribution is 0.624. The topological polar surface area (TPSA) is 76.7 Å². The first-order valence-electron chi connectivity index (χ1n) is 5.54. The summed E-state index contributed by atoms with van der Waals surface area (Å²) >= 11 is 1.50. The van der Waals surface area contributed by atoms with Crippen LogP contribution >= 0.6 is 11.3 Å². The number of aryl methyl sites for hydroxylation is 1. The molecule has 3 N–H and O–H groups in total. The Kier molecular flexibility index (Phi) is 2.84. The lowest BCUT2D eigenvalue weighted by atomic mass is 10.3. The van der Waals surface area contributed by atoms with Gasteiger partial charge in [-0.05, 0) is 25.1 Å². The molecule has 5 nitrogen and oxygen atoms in total. The van der Waals surface area contributed by atoms with Gasteiger partial charge in [-0.25, -0.2) is 25.2 Å². The van der Waals surface area contributed by atoms with E-state index >= 15 is 0 Å². The molecule has 0 saturated heterocycles. The van der Waals surface area contributed by atoms with Gasteiger partial charge in [-0.3, -0.25) is 0 Å². The molecule has 3 aromatic rings. The summed E-state index contributed by atoms with van der Waals surface area (Å²) in [6.07, 6.45) is 1.50. The van der Waals surface area contributed by atoms with E-state index in [1.165, 1.54) is 29.7 Å². The van der Waals surface area contributed by atoms with Crippen LogP contribution in [0.1, 0.15) is 4.88 Å². The first-order valence-corrected chi connectivity index (χ1v) is 6.36. The maximum absolute atomic E-state index is 13.7. The molecular weight excluding hydrogens is 265 g/mol. The lowest BCUT2D eigenvalue weighted by Gasteiger charge is -2.05. The molecule has 0 unspecified atom stereocenters. The zero-order chi connectivity index (χ0) is 13.4. The summed E-state index contributed by atoms with van der Waals surface area (Å²) in [5.41, 5.74) is 2.64. The van der Waals surface area contributed by atoms with Gasteiger partial charge >= 0.3 is 0 Å². The fraction of sp³-hybridized carbons (Fsp3) is 0.0833. The Morgan fingerprint density at radius 3 is 2.95 bits per heavy atom. The monoisotopic (exact) mass is 275 g/mol. The third-order valence-corrected chi connectivity index (χ3v) is 3.57. The summed E-state index contributed by atoms with van der Waals surface area (Å²) in [7, 11) is 0. The van der Waals surface area contributed by atoms with Crippen LogP contribution < -0.4 is 11.3 Å². The van der Waals surface area contributed by atoms with Crippen molar-refractivity contribution in [1.29, 1.82) is 0 Å². The molecule has 0 aliphatic rings. The van der Waals surface area contributed by atoms with Crippen LogP contribution in [0.3, 0.4) is 0 Å². The van der Waals surface area contributed by atoms with Crippen molar-refractivity contribution >= 4 is 27.4 Å². The fourth-order valence-corrected chi connectivity index (χ4v) is 2.69. The van der Waals surface area contributed by atoms with Gasteiger partial charge in [0.25, 0.3) is 0 Å². The number of hydrazine groups is 1. The minimum Gasteiger partial charge on any atom is -0.308 e. The Morgan fingerprint density at radius 1 is 1.37 bits per heavy atom. The number of rotatable bonds is 2. The van der Waals surface area contributed by atoms with Crippen molar-refractivity contribution in [3.63, 3.8) is 0 Å². The molecule has 0 atom stereocenters. The standard InChI is InChI=1S/C12H10FN5S/c1-6-5-7-10(18-14)16-11(17-12(7)19-6)9-8(13)3-2-4-15-9/h2-5H,14H2,1H3,(H,16,17,18). The van der Waals surface area contributed by atoms with E-state index in [1.54, 1.807) is 0 Å². The minimum atomic E-state index is -0.460. The molecule has 0 aromatic carbocycles. The number of hydrogen-bond donors (Lipinski definition) is 2. The summed E-state index contributed by atoms with van der Waals surface area (Å²) in [4.78, 5) is 14.4. The maximum Gasteiger partial charge on any atom is 0.184 e. The van der Waals surface area contributed by atoms with Crippen LogP contribution in [0.4, 0.5) is 10.2 Å². The van der Waals surface area contributed by atoms with Crippen LogP contribution in [0.2, 0.25) is 0 Å². The molecule has 3 aromatic heterocycles. The lowest BCUT2D eigenvalue weighted by Crippen LogP contribution is -2.10. The van der Waals surface area contributed by atoms with Gasteiger partial charge in [0.05, 0.1) is 5.39 Å². The summed E-state index contributed by atoms with van der Waals surface area (Å²) in [6, 6.07) is 4.79. The van der Waals surface area contributed by atoms with Crippen LogP contribution in [0, 0.1) is 12.7 Å². The quantitative estimate of drug-likeness (QED) is 0.555. The van der Waals surface area contributed by atoms with Gasteiger partial charge in [0.2, 0.25) is 0 Å². The van der Waals surface area contributed by atoms with Gasteiger partial charge in [0.1, 0.15) is 10.5 Å². The number of nitrogens with zero attached hydrogens (tertiary/aromatic N) is 3. The zero-order valence-corrected chi connectivity index (χ0v) is 10.8. The summed E-state index contributed by atoms with van der Waals surface area (Å²) < 4.78 is 13.7. The second kappa shape index (κ2) is 4.52. The number of thiophene rings is 1. The number of nitrogen functional groups attached to an aromatic ring is 1. The highest BCUT2D eigenvalue weighted by atomic mass is 32.1. The van der Waals surface area contributed by atoms with Crippen molar-refractivity contribution in [2.45, 2.75) is 6.92 Å². The largest absolute Gasteiger partial charge is 0.308 e. The van der Waals surface area contributed by atoms with E-state index in [0.29, 0.717) is 5.82 Å². The highest BCUT2D eigenvalue weighted by Crippen LogP contribution is 2.30. The van der Waals surface area contributed by atoms with Gasteiger partial charge < -0.3 is 5.43 Å². The number of nitrogens with two attached hydrogens (primary N) is 1. The molecule has 0 bridgehead atoms. The third kappa shape index (κ3) is 2.02. The first kappa shape index (κ1) is 11.9. The number of hydrogen-bond acceptors (Lipinski definition) is 6. The molecule has 3 heterocycles. The van der Waals surface area contributed by atoms with E-state index < -0.39 is 5.82 Å². The van der Waals surface area contributed by atoms with Crippen molar-refractivity contribution < 1.29 is 4.39 Å². The number of aromatic nitrogens is 3. The predicted molar refractivity (Wildman–Crippen MR) is 73.2 cm³/mol. The first-order chi connectivity index (χ1) is 9.19. The number of halogens is 1. The highest BCUT2D eigenvalue weighted by molar-refractivity contribution is 7.18. The van der Waals surface area contributed by atoms with Crippen LogP contribution in [-0.2, 0) is 0 Å². The maximum atomic E-state index is 13.7. The molecule has 7 heteroatoms. The van der Waals surface area contributed by atoms with Gasteiger partial charge in [0.15, 0.2) is 17.5 Å². The minimum absolute atomic E-state index is 0.118. The van der Waals surface area contributed by atoms with Crippen molar-refractivity contribution in [1.82, 2.24) is 15.0 Å². The Morgan fingerprint density at radius 2 is 2.21 bits per heavy atom. The van der Waals surface area contributed by atoms with Crippen LogP contribution in [0.5, 0.6) is 0 Å². The van der Waals surface area contributed by atoms with E-state index in [9.17, 15) is 4.39 Å². The Bertz CT molecular complexity index is 755. The van der Waals surface area contributed by atoms with E-state index in [0.717, 1.165) is 15.1 Å². The molecule has 0 spiro atoms. The highest BCUT2D eigenvalue weighted by Gasteiger charge is 2.14. The molecule has 0 amide bonds. The van der Waals surface area contributed by atoms with Gasteiger partial charge in [-0.2, -0.15) is 0 Å². The Labute approximate surface area is 112 Å². The molecule has 0 fully saturated rings. The summed E-state index contributed by atoms with van der Waals surface area (Å²) in [6.45, 7) is 1.97. The predicted octanol–water partition coefficient (Wildman–Crippen LogP) is 2.49. The molecule has 3 rings (SSSR count). The molecule has 0 aliphatic heterocycles. The van der Waals surface area contributed by atoms with E-state index in [4.69, 9.17) is 5.84 Å². The number of pyridine rings is 1. The number of anilines is 1. The normalized spacial score (nSPS) is 10.9. The van der Waals surface area contributed by atoms with Crippen molar-refractivity contribution in [3.05, 3.63) is 35.1 Å². The smallest absolute Gasteiger partial charge is 0.184 e. The van der Waals surface area contributed by atoms with Crippen LogP contribution in [-0.4, -0.2) is 15.0 Å². The fourth-order valence-electron chi connectivity index (χ4n) is 1.81. The second-order valence-corrected chi connectivity index (χ2v) is 5.18. The molecular formula is C12H10FN5S. The molecule has 0 saturated carbocycles. The van der Waals surface area contributed by atoms with Gasteiger partial charge in [0, 0.05) is 11.1 Å². The third-order valence-electron chi connectivity index (χ3n) is 2.62. The number of nitrogens with one attached hydrogen (secondary N) is 1. The van der Waals surface area contributed by atoms with Crippen molar-refractivity contribution in [2.75, 3.05) is 5.43 Å². The number of fused-ring (bicyclic) bond motifs is 1. The van der Waals surface area contributed by atoms with E-state index in [2.05, 4.69) is 20.4 Å². The molecule has 19 heavy (non-hydrogen) atoms. The Hall–Kier alpha value is -2.12. The van der Waals surface area contributed by atoms with E-state index in [1.807, 2.05) is 13.0 Å².